The third-order valence-corrected chi connectivity index (χ3v) is 4.23. The van der Waals surface area contributed by atoms with Gasteiger partial charge in [0.1, 0.15) is 17.4 Å². The van der Waals surface area contributed by atoms with E-state index in [1.54, 1.807) is 0 Å². The third kappa shape index (κ3) is 6.24. The molecule has 1 atom stereocenters. The lowest BCUT2D eigenvalue weighted by molar-refractivity contribution is -0.118. The first kappa shape index (κ1) is 21.7. The highest BCUT2D eigenvalue weighted by molar-refractivity contribution is 5.98. The largest absolute Gasteiger partial charge is 0.496 e. The number of hydrogen-bond acceptors (Lipinski definition) is 4. The van der Waals surface area contributed by atoms with E-state index in [1.165, 1.54) is 25.3 Å². The molecule has 3 amide bonds. The summed E-state index contributed by atoms with van der Waals surface area (Å²) in [5.41, 5.74) is 1.30. The maximum Gasteiger partial charge on any atom is 0.339 e. The normalized spacial score (nSPS) is 11.4. The van der Waals surface area contributed by atoms with E-state index in [0.29, 0.717) is 12.2 Å². The van der Waals surface area contributed by atoms with E-state index in [-0.39, 0.29) is 17.2 Å². The zero-order chi connectivity index (χ0) is 21.4. The lowest BCUT2D eigenvalue weighted by Crippen LogP contribution is -2.50. The highest BCUT2D eigenvalue weighted by Crippen LogP contribution is 2.23. The number of anilines is 1. The molecule has 0 fully saturated rings. The third-order valence-electron chi connectivity index (χ3n) is 4.23. The highest BCUT2D eigenvalue weighted by Gasteiger charge is 2.24. The van der Waals surface area contributed by atoms with Gasteiger partial charge in [0.15, 0.2) is 0 Å². The Morgan fingerprint density at radius 2 is 1.76 bits per heavy atom. The molecule has 4 N–H and O–H groups in total. The summed E-state index contributed by atoms with van der Waals surface area (Å²) in [6.45, 7) is 3.97. The Bertz CT molecular complexity index is 868. The number of carbonyl (C=O) groups is 3. The zero-order valence-electron chi connectivity index (χ0n) is 16.6. The molecule has 2 rings (SSSR count). The summed E-state index contributed by atoms with van der Waals surface area (Å²) in [5, 5.41) is 17.2. The van der Waals surface area contributed by atoms with Crippen molar-refractivity contribution >= 4 is 23.6 Å². The molecule has 8 nitrogen and oxygen atoms in total. The Labute approximate surface area is 169 Å². The molecule has 0 aliphatic heterocycles. The second kappa shape index (κ2) is 10.1. The zero-order valence-corrected chi connectivity index (χ0v) is 16.6. The van der Waals surface area contributed by atoms with Crippen LogP contribution in [0.15, 0.2) is 48.5 Å². The number of carboxylic acids is 1. The molecule has 0 aliphatic carbocycles. The van der Waals surface area contributed by atoms with Crippen molar-refractivity contribution in [3.05, 3.63) is 59.7 Å². The minimum absolute atomic E-state index is 0.00989. The quantitative estimate of drug-likeness (QED) is 0.545. The van der Waals surface area contributed by atoms with E-state index < -0.39 is 23.9 Å². The topological polar surface area (TPSA) is 117 Å². The van der Waals surface area contributed by atoms with Crippen LogP contribution in [0.5, 0.6) is 5.75 Å². The molecular formula is C21H25N3O5. The summed E-state index contributed by atoms with van der Waals surface area (Å²) >= 11 is 0. The highest BCUT2D eigenvalue weighted by atomic mass is 16.5. The number of aromatic carboxylic acids is 1. The monoisotopic (exact) mass is 399 g/mol. The molecule has 2 aromatic carbocycles. The predicted molar refractivity (Wildman–Crippen MR) is 109 cm³/mol. The Morgan fingerprint density at radius 3 is 2.34 bits per heavy atom. The predicted octanol–water partition coefficient (Wildman–Crippen LogP) is 2.86. The van der Waals surface area contributed by atoms with Crippen molar-refractivity contribution in [2.75, 3.05) is 12.4 Å². The molecule has 0 aromatic heterocycles. The number of urea groups is 1. The summed E-state index contributed by atoms with van der Waals surface area (Å²) in [6.07, 6.45) is 0. The van der Waals surface area contributed by atoms with Gasteiger partial charge in [0.05, 0.1) is 7.11 Å². The number of benzene rings is 2. The molecule has 0 heterocycles. The van der Waals surface area contributed by atoms with Gasteiger partial charge in [0, 0.05) is 18.3 Å². The summed E-state index contributed by atoms with van der Waals surface area (Å²) in [4.78, 5) is 36.1. The van der Waals surface area contributed by atoms with Gasteiger partial charge in [-0.25, -0.2) is 9.59 Å². The van der Waals surface area contributed by atoms with Crippen LogP contribution in [0.25, 0.3) is 0 Å². The van der Waals surface area contributed by atoms with E-state index in [2.05, 4.69) is 16.0 Å². The Balaban J connectivity index is 2.01. The molecule has 0 radical (unpaired) electrons. The molecule has 29 heavy (non-hydrogen) atoms. The van der Waals surface area contributed by atoms with Gasteiger partial charge >= 0.3 is 12.0 Å². The average molecular weight is 399 g/mol. The van der Waals surface area contributed by atoms with Crippen LogP contribution in [0.4, 0.5) is 10.5 Å². The molecule has 2 aromatic rings. The van der Waals surface area contributed by atoms with E-state index in [4.69, 9.17) is 9.84 Å². The standard InChI is InChI=1S/C21H25N3O5/c1-13(2)18(24-21(28)22-12-14-7-5-4-6-8-14)19(25)23-15-9-10-16(20(26)27)17(11-15)29-3/h4-11,13,18H,12H2,1-3H3,(H,23,25)(H,26,27)(H2,22,24,28). The molecule has 0 saturated carbocycles. The first-order valence-corrected chi connectivity index (χ1v) is 9.12. The maximum atomic E-state index is 12.7. The van der Waals surface area contributed by atoms with Gasteiger partial charge in [-0.05, 0) is 23.6 Å². The molecule has 0 aliphatic rings. The summed E-state index contributed by atoms with van der Waals surface area (Å²) in [6, 6.07) is 12.4. The number of hydrogen-bond donors (Lipinski definition) is 4. The molecule has 0 saturated heterocycles. The number of rotatable bonds is 8. The fraction of sp³-hybridized carbons (Fsp3) is 0.286. The fourth-order valence-electron chi connectivity index (χ4n) is 2.67. The van der Waals surface area contributed by atoms with Crippen molar-refractivity contribution in [2.24, 2.45) is 5.92 Å². The molecular weight excluding hydrogens is 374 g/mol. The van der Waals surface area contributed by atoms with Crippen LogP contribution in [0.3, 0.4) is 0 Å². The number of amides is 3. The van der Waals surface area contributed by atoms with Crippen LogP contribution in [-0.2, 0) is 11.3 Å². The molecule has 1 unspecified atom stereocenters. The van der Waals surface area contributed by atoms with Gasteiger partial charge < -0.3 is 25.8 Å². The number of methoxy groups -OCH3 is 1. The Kier molecular flexibility index (Phi) is 7.59. The van der Waals surface area contributed by atoms with Crippen molar-refractivity contribution in [3.63, 3.8) is 0 Å². The first-order valence-electron chi connectivity index (χ1n) is 9.12. The second-order valence-corrected chi connectivity index (χ2v) is 6.74. The van der Waals surface area contributed by atoms with E-state index in [9.17, 15) is 14.4 Å². The lowest BCUT2D eigenvalue weighted by Gasteiger charge is -2.22. The number of nitrogens with one attached hydrogen (secondary N) is 3. The summed E-state index contributed by atoms with van der Waals surface area (Å²) in [5.74, 6) is -1.58. The second-order valence-electron chi connectivity index (χ2n) is 6.74. The van der Waals surface area contributed by atoms with Crippen LogP contribution < -0.4 is 20.7 Å². The van der Waals surface area contributed by atoms with Gasteiger partial charge in [-0.3, -0.25) is 4.79 Å². The van der Waals surface area contributed by atoms with Crippen molar-refractivity contribution < 1.29 is 24.2 Å². The molecule has 0 spiro atoms. The van der Waals surface area contributed by atoms with Gasteiger partial charge in [-0.2, -0.15) is 0 Å². The lowest BCUT2D eigenvalue weighted by atomic mass is 10.0. The van der Waals surface area contributed by atoms with E-state index in [1.807, 2.05) is 44.2 Å². The SMILES string of the molecule is COc1cc(NC(=O)C(NC(=O)NCc2ccccc2)C(C)C)ccc1C(=O)O. The van der Waals surface area contributed by atoms with Crippen LogP contribution in [0.1, 0.15) is 29.8 Å². The first-order chi connectivity index (χ1) is 13.8. The van der Waals surface area contributed by atoms with E-state index in [0.717, 1.165) is 5.56 Å². The number of carbonyl (C=O) groups excluding carboxylic acids is 2. The van der Waals surface area contributed by atoms with Crippen LogP contribution in [0, 0.1) is 5.92 Å². The van der Waals surface area contributed by atoms with Gasteiger partial charge in [0.2, 0.25) is 5.91 Å². The fourth-order valence-corrected chi connectivity index (χ4v) is 2.67. The summed E-state index contributed by atoms with van der Waals surface area (Å²) in [7, 11) is 1.35. The minimum Gasteiger partial charge on any atom is -0.496 e. The van der Waals surface area contributed by atoms with Crippen molar-refractivity contribution in [2.45, 2.75) is 26.4 Å². The Morgan fingerprint density at radius 1 is 1.07 bits per heavy atom. The smallest absolute Gasteiger partial charge is 0.339 e. The van der Waals surface area contributed by atoms with Crippen LogP contribution >= 0.6 is 0 Å². The van der Waals surface area contributed by atoms with Crippen molar-refractivity contribution in [1.82, 2.24) is 10.6 Å². The molecule has 154 valence electrons. The van der Waals surface area contributed by atoms with E-state index >= 15 is 0 Å². The molecule has 8 heteroatoms. The number of ether oxygens (including phenoxy) is 1. The molecule has 0 bridgehead atoms. The van der Waals surface area contributed by atoms with Gasteiger partial charge in [-0.15, -0.1) is 0 Å². The average Bonchev–Trinajstić information content (AvgIpc) is 2.70. The van der Waals surface area contributed by atoms with Crippen LogP contribution in [-0.4, -0.2) is 36.2 Å². The van der Waals surface area contributed by atoms with Gasteiger partial charge in [0.25, 0.3) is 0 Å². The van der Waals surface area contributed by atoms with Crippen molar-refractivity contribution in [1.29, 1.82) is 0 Å². The maximum absolute atomic E-state index is 12.7. The Hall–Kier alpha value is -3.55. The summed E-state index contributed by atoms with van der Waals surface area (Å²) < 4.78 is 5.06. The minimum atomic E-state index is -1.13. The number of carboxylic acid groups (broad SMARTS) is 1. The van der Waals surface area contributed by atoms with Crippen molar-refractivity contribution in [3.8, 4) is 5.75 Å². The van der Waals surface area contributed by atoms with Crippen LogP contribution in [0.2, 0.25) is 0 Å². The van der Waals surface area contributed by atoms with Gasteiger partial charge in [-0.1, -0.05) is 44.2 Å².